The quantitative estimate of drug-likeness (QED) is 0.308. The molecule has 0 bridgehead atoms. The van der Waals surface area contributed by atoms with Crippen molar-refractivity contribution >= 4 is 16.1 Å². The van der Waals surface area contributed by atoms with Crippen molar-refractivity contribution in [1.29, 1.82) is 0 Å². The first kappa shape index (κ1) is 22.4. The highest BCUT2D eigenvalue weighted by atomic mass is 32.2. The lowest BCUT2D eigenvalue weighted by molar-refractivity contribution is -0.136. The minimum absolute atomic E-state index is 0.00801. The Kier molecular flexibility index (Phi) is 13.4. The van der Waals surface area contributed by atoms with Gasteiger partial charge in [-0.3, -0.25) is 9.35 Å². The summed E-state index contributed by atoms with van der Waals surface area (Å²) in [5.41, 5.74) is 0. The summed E-state index contributed by atoms with van der Waals surface area (Å²) >= 11 is 0. The third kappa shape index (κ3) is 13.5. The van der Waals surface area contributed by atoms with Crippen molar-refractivity contribution in [3.63, 3.8) is 0 Å². The molecule has 0 aromatic carbocycles. The Hall–Kier alpha value is -0.620. The van der Waals surface area contributed by atoms with Crippen LogP contribution in [0.15, 0.2) is 0 Å². The Balaban J connectivity index is 3.41. The van der Waals surface area contributed by atoms with E-state index < -0.39 is 21.3 Å². The van der Waals surface area contributed by atoms with Crippen LogP contribution in [-0.4, -0.2) is 29.3 Å². The number of hydrogen-bond acceptors (Lipinski definition) is 3. The van der Waals surface area contributed by atoms with Crippen LogP contribution in [0, 0.1) is 0 Å². The molecule has 5 nitrogen and oxygen atoms in total. The summed E-state index contributed by atoms with van der Waals surface area (Å²) in [5.74, 6) is -1.47. The van der Waals surface area contributed by atoms with Gasteiger partial charge in [0.15, 0.2) is 5.25 Å². The van der Waals surface area contributed by atoms with Crippen LogP contribution in [0.1, 0.15) is 96.8 Å². The number of aliphatic carboxylic acids is 1. The Morgan fingerprint density at radius 1 is 0.783 bits per heavy atom. The van der Waals surface area contributed by atoms with Crippen LogP contribution in [0.5, 0.6) is 0 Å². The highest BCUT2D eigenvalue weighted by Crippen LogP contribution is 2.15. The summed E-state index contributed by atoms with van der Waals surface area (Å²) < 4.78 is 30.6. The van der Waals surface area contributed by atoms with E-state index in [1.807, 2.05) is 0 Å². The van der Waals surface area contributed by atoms with E-state index >= 15 is 0 Å². The largest absolute Gasteiger partial charge is 0.480 e. The highest BCUT2D eigenvalue weighted by Gasteiger charge is 2.29. The van der Waals surface area contributed by atoms with Crippen LogP contribution < -0.4 is 0 Å². The standard InChI is InChI=1S/C17H34O5S/c1-2-3-4-5-6-7-8-9-10-11-12-13-14-15-16(17(18)19)23(20,21)22/h16H,2-15H2,1H3,(H,18,19)(H,20,21,22). The van der Waals surface area contributed by atoms with Crippen molar-refractivity contribution in [1.82, 2.24) is 0 Å². The van der Waals surface area contributed by atoms with Crippen molar-refractivity contribution in [3.05, 3.63) is 0 Å². The molecule has 2 N–H and O–H groups in total. The number of unbranched alkanes of at least 4 members (excludes halogenated alkanes) is 12. The highest BCUT2D eigenvalue weighted by molar-refractivity contribution is 7.87. The molecule has 0 aliphatic heterocycles. The monoisotopic (exact) mass is 350 g/mol. The summed E-state index contributed by atoms with van der Waals surface area (Å²) in [5, 5.41) is 7.09. The number of carboxylic acid groups (broad SMARTS) is 1. The van der Waals surface area contributed by atoms with E-state index in [2.05, 4.69) is 6.92 Å². The molecule has 1 unspecified atom stereocenters. The van der Waals surface area contributed by atoms with E-state index in [4.69, 9.17) is 9.66 Å². The molecule has 0 aliphatic rings. The summed E-state index contributed by atoms with van der Waals surface area (Å²) in [6.07, 6.45) is 15.2. The number of rotatable bonds is 16. The first-order valence-corrected chi connectivity index (χ1v) is 10.6. The predicted octanol–water partition coefficient (Wildman–Crippen LogP) is 4.81. The molecule has 0 aliphatic carbocycles. The Morgan fingerprint density at radius 2 is 1.13 bits per heavy atom. The molecule has 1 atom stereocenters. The van der Waals surface area contributed by atoms with Crippen molar-refractivity contribution in [2.45, 2.75) is 102 Å². The van der Waals surface area contributed by atoms with Gasteiger partial charge in [-0.05, 0) is 6.42 Å². The second kappa shape index (κ2) is 13.8. The molecule has 0 saturated carbocycles. The van der Waals surface area contributed by atoms with Gasteiger partial charge in [0.05, 0.1) is 0 Å². The molecule has 0 aromatic heterocycles. The SMILES string of the molecule is CCCCCCCCCCCCCCCC(C(=O)O)S(=O)(=O)O. The van der Waals surface area contributed by atoms with E-state index in [0.29, 0.717) is 6.42 Å². The molecule has 0 radical (unpaired) electrons. The summed E-state index contributed by atoms with van der Waals surface area (Å²) in [7, 11) is -4.48. The van der Waals surface area contributed by atoms with Crippen molar-refractivity contribution in [3.8, 4) is 0 Å². The number of carboxylic acids is 1. The molecule has 138 valence electrons. The zero-order valence-electron chi connectivity index (χ0n) is 14.5. The van der Waals surface area contributed by atoms with E-state index in [1.54, 1.807) is 0 Å². The van der Waals surface area contributed by atoms with Gasteiger partial charge in [0.25, 0.3) is 10.1 Å². The van der Waals surface area contributed by atoms with Gasteiger partial charge in [-0.15, -0.1) is 0 Å². The molecule has 0 amide bonds. The topological polar surface area (TPSA) is 91.7 Å². The lowest BCUT2D eigenvalue weighted by Crippen LogP contribution is -2.29. The lowest BCUT2D eigenvalue weighted by atomic mass is 10.0. The number of carbonyl (C=O) groups is 1. The Morgan fingerprint density at radius 3 is 1.43 bits per heavy atom. The van der Waals surface area contributed by atoms with Gasteiger partial charge in [-0.1, -0.05) is 90.4 Å². The fourth-order valence-corrected chi connectivity index (χ4v) is 3.47. The molecule has 0 heterocycles. The maximum absolute atomic E-state index is 10.9. The molecule has 23 heavy (non-hydrogen) atoms. The van der Waals surface area contributed by atoms with Crippen LogP contribution in [0.2, 0.25) is 0 Å². The second-order valence-electron chi connectivity index (χ2n) is 6.37. The number of hydrogen-bond donors (Lipinski definition) is 2. The van der Waals surface area contributed by atoms with Gasteiger partial charge in [-0.25, -0.2) is 0 Å². The van der Waals surface area contributed by atoms with Gasteiger partial charge in [0, 0.05) is 0 Å². The lowest BCUT2D eigenvalue weighted by Gasteiger charge is -2.08. The van der Waals surface area contributed by atoms with Crippen molar-refractivity contribution < 1.29 is 22.9 Å². The summed E-state index contributed by atoms with van der Waals surface area (Å²) in [6, 6.07) is 0. The van der Waals surface area contributed by atoms with Crippen LogP contribution in [0.4, 0.5) is 0 Å². The predicted molar refractivity (Wildman–Crippen MR) is 93.3 cm³/mol. The van der Waals surface area contributed by atoms with Gasteiger partial charge in [-0.2, -0.15) is 8.42 Å². The van der Waals surface area contributed by atoms with Crippen LogP contribution in [0.3, 0.4) is 0 Å². The third-order valence-electron chi connectivity index (χ3n) is 4.20. The van der Waals surface area contributed by atoms with E-state index in [1.165, 1.54) is 57.8 Å². The zero-order chi connectivity index (χ0) is 17.6. The van der Waals surface area contributed by atoms with Gasteiger partial charge < -0.3 is 5.11 Å². The van der Waals surface area contributed by atoms with Crippen molar-refractivity contribution in [2.24, 2.45) is 0 Å². The molecular weight excluding hydrogens is 316 g/mol. The maximum Gasteiger partial charge on any atom is 0.324 e. The Bertz CT molecular complexity index is 392. The van der Waals surface area contributed by atoms with Gasteiger partial charge in [0.2, 0.25) is 0 Å². The minimum Gasteiger partial charge on any atom is -0.480 e. The summed E-state index contributed by atoms with van der Waals surface area (Å²) in [6.45, 7) is 2.23. The van der Waals surface area contributed by atoms with E-state index in [9.17, 15) is 13.2 Å². The van der Waals surface area contributed by atoms with Crippen LogP contribution in [-0.2, 0) is 14.9 Å². The van der Waals surface area contributed by atoms with Crippen LogP contribution >= 0.6 is 0 Å². The van der Waals surface area contributed by atoms with E-state index in [-0.39, 0.29) is 6.42 Å². The summed E-state index contributed by atoms with van der Waals surface area (Å²) in [4.78, 5) is 10.8. The first-order chi connectivity index (χ1) is 10.9. The molecule has 0 aromatic rings. The molecule has 0 fully saturated rings. The molecule has 0 rings (SSSR count). The fourth-order valence-electron chi connectivity index (χ4n) is 2.75. The second-order valence-corrected chi connectivity index (χ2v) is 7.97. The Labute approximate surface area is 141 Å². The van der Waals surface area contributed by atoms with E-state index in [0.717, 1.165) is 19.3 Å². The fraction of sp³-hybridized carbons (Fsp3) is 0.941. The molecule has 6 heteroatoms. The molecular formula is C17H34O5S. The smallest absolute Gasteiger partial charge is 0.324 e. The van der Waals surface area contributed by atoms with Crippen LogP contribution in [0.25, 0.3) is 0 Å². The van der Waals surface area contributed by atoms with Gasteiger partial charge in [0.1, 0.15) is 0 Å². The normalized spacial score (nSPS) is 13.1. The average molecular weight is 351 g/mol. The third-order valence-corrected chi connectivity index (χ3v) is 5.36. The molecule has 0 saturated heterocycles. The minimum atomic E-state index is -4.48. The van der Waals surface area contributed by atoms with Crippen molar-refractivity contribution in [2.75, 3.05) is 0 Å². The zero-order valence-corrected chi connectivity index (χ0v) is 15.3. The van der Waals surface area contributed by atoms with Gasteiger partial charge >= 0.3 is 5.97 Å². The maximum atomic E-state index is 10.9. The first-order valence-electron chi connectivity index (χ1n) is 9.08. The molecule has 0 spiro atoms. The average Bonchev–Trinajstić information content (AvgIpc) is 2.46.